The summed E-state index contributed by atoms with van der Waals surface area (Å²) in [7, 11) is 3.16. The van der Waals surface area contributed by atoms with E-state index in [0.717, 1.165) is 16.9 Å². The fraction of sp³-hybridized carbons (Fsp3) is 0.214. The van der Waals surface area contributed by atoms with E-state index in [4.69, 9.17) is 9.47 Å². The number of H-pyrrole nitrogens is 1. The zero-order valence-electron chi connectivity index (χ0n) is 19.9. The third kappa shape index (κ3) is 3.48. The molecular weight excluding hydrogens is 474 g/mol. The highest BCUT2D eigenvalue weighted by Gasteiger charge is 2.42. The largest absolute Gasteiger partial charge is 0.493 e. The number of rotatable bonds is 5. The number of anilines is 1. The van der Waals surface area contributed by atoms with Crippen molar-refractivity contribution in [2.45, 2.75) is 24.7 Å². The molecule has 1 aliphatic heterocycles. The van der Waals surface area contributed by atoms with Crippen LogP contribution in [0, 0.1) is 0 Å². The van der Waals surface area contributed by atoms with E-state index in [2.05, 4.69) is 16.5 Å². The van der Waals surface area contributed by atoms with Gasteiger partial charge >= 0.3 is 0 Å². The first kappa shape index (κ1) is 22.4. The number of nitrogens with one attached hydrogen (secondary N) is 2. The van der Waals surface area contributed by atoms with E-state index in [1.165, 1.54) is 9.56 Å². The number of benzene rings is 2. The van der Waals surface area contributed by atoms with Crippen molar-refractivity contribution in [1.29, 1.82) is 0 Å². The number of thiophene rings is 1. The van der Waals surface area contributed by atoms with Gasteiger partial charge in [-0.15, -0.1) is 11.3 Å². The normalized spacial score (nSPS) is 18.9. The fourth-order valence-electron chi connectivity index (χ4n) is 5.43. The number of carbonyl (C=O) groups excluding carboxylic acids is 1. The molecule has 0 radical (unpaired) electrons. The molecule has 0 spiro atoms. The first-order chi connectivity index (χ1) is 17.6. The lowest BCUT2D eigenvalue weighted by Crippen LogP contribution is -2.32. The number of Topliss-reactive ketones (excluding diaryl/α,β-unsaturated/α-hetero) is 1. The van der Waals surface area contributed by atoms with Crippen molar-refractivity contribution in [2.75, 3.05) is 19.5 Å². The van der Waals surface area contributed by atoms with Crippen molar-refractivity contribution >= 4 is 22.9 Å². The van der Waals surface area contributed by atoms with Crippen LogP contribution in [0.4, 0.5) is 5.82 Å². The Labute approximate surface area is 212 Å². The predicted octanol–water partition coefficient (Wildman–Crippen LogP) is 5.20. The molecule has 2 aromatic carbocycles. The van der Waals surface area contributed by atoms with Crippen LogP contribution in [0.5, 0.6) is 11.5 Å². The molecule has 0 fully saturated rings. The van der Waals surface area contributed by atoms with Crippen LogP contribution < -0.4 is 20.3 Å². The highest BCUT2D eigenvalue weighted by atomic mass is 32.1. The molecule has 0 amide bonds. The third-order valence-electron chi connectivity index (χ3n) is 6.99. The van der Waals surface area contributed by atoms with Crippen molar-refractivity contribution < 1.29 is 14.3 Å². The summed E-state index contributed by atoms with van der Waals surface area (Å²) >= 11 is 1.67. The van der Waals surface area contributed by atoms with Gasteiger partial charge in [0.2, 0.25) is 0 Å². The number of ether oxygens (including phenoxy) is 2. The molecule has 2 atom stereocenters. The van der Waals surface area contributed by atoms with Gasteiger partial charge in [-0.25, -0.2) is 4.68 Å². The van der Waals surface area contributed by atoms with Crippen molar-refractivity contribution in [2.24, 2.45) is 0 Å². The topological polar surface area (TPSA) is 85.4 Å². The second-order valence-corrected chi connectivity index (χ2v) is 9.93. The minimum absolute atomic E-state index is 0.0366. The molecule has 0 bridgehead atoms. The number of para-hydroxylation sites is 2. The Morgan fingerprint density at radius 2 is 1.78 bits per heavy atom. The second-order valence-electron chi connectivity index (χ2n) is 8.95. The van der Waals surface area contributed by atoms with Crippen molar-refractivity contribution in [1.82, 2.24) is 9.78 Å². The van der Waals surface area contributed by atoms with Gasteiger partial charge in [-0.3, -0.25) is 14.7 Å². The maximum absolute atomic E-state index is 13.9. The monoisotopic (exact) mass is 499 g/mol. The first-order valence-corrected chi connectivity index (χ1v) is 12.7. The van der Waals surface area contributed by atoms with Gasteiger partial charge in [0.1, 0.15) is 5.82 Å². The number of allylic oxidation sites excluding steroid dienone is 2. The fourth-order valence-corrected chi connectivity index (χ4v) is 6.26. The van der Waals surface area contributed by atoms with Gasteiger partial charge < -0.3 is 14.8 Å². The lowest BCUT2D eigenvalue weighted by molar-refractivity contribution is -0.116. The molecule has 6 rings (SSSR count). The lowest BCUT2D eigenvalue weighted by atomic mass is 9.73. The zero-order chi connectivity index (χ0) is 24.8. The van der Waals surface area contributed by atoms with Gasteiger partial charge in [0.15, 0.2) is 17.3 Å². The van der Waals surface area contributed by atoms with E-state index in [1.807, 2.05) is 60.0 Å². The summed E-state index contributed by atoms with van der Waals surface area (Å²) in [6.45, 7) is 0. The predicted molar refractivity (Wildman–Crippen MR) is 140 cm³/mol. The number of aromatic nitrogens is 2. The molecule has 2 aliphatic rings. The van der Waals surface area contributed by atoms with Crippen LogP contribution in [-0.4, -0.2) is 29.8 Å². The molecule has 2 unspecified atom stereocenters. The molecule has 36 heavy (non-hydrogen) atoms. The van der Waals surface area contributed by atoms with Crippen LogP contribution in [0.2, 0.25) is 0 Å². The standard InChI is InChI=1S/C28H25N3O4S/c1-34-21-11-6-10-18(26(21)35-2)23-24-19(14-16(15-20(24)32)22-12-7-13-36-22)29-27-25(23)28(33)31(30-27)17-8-4-3-5-9-17/h3-13,16,23,29-30H,14-15H2,1-2H3. The Balaban J connectivity index is 1.58. The van der Waals surface area contributed by atoms with E-state index in [1.54, 1.807) is 25.6 Å². The molecule has 4 aromatic rings. The zero-order valence-corrected chi connectivity index (χ0v) is 20.7. The highest BCUT2D eigenvalue weighted by Crippen LogP contribution is 2.50. The van der Waals surface area contributed by atoms with Crippen LogP contribution >= 0.6 is 11.3 Å². The second kappa shape index (κ2) is 8.87. The number of nitrogens with zero attached hydrogens (tertiary/aromatic N) is 1. The average Bonchev–Trinajstić information content (AvgIpc) is 3.56. The van der Waals surface area contributed by atoms with Gasteiger partial charge in [-0.2, -0.15) is 0 Å². The number of aromatic amines is 1. The number of fused-ring (bicyclic) bond motifs is 1. The molecule has 8 heteroatoms. The molecule has 0 saturated heterocycles. The summed E-state index contributed by atoms with van der Waals surface area (Å²) in [5.74, 6) is 1.21. The van der Waals surface area contributed by atoms with Crippen LogP contribution in [0.15, 0.2) is 82.1 Å². The Kier molecular flexibility index (Phi) is 5.53. The molecule has 0 saturated carbocycles. The molecule has 182 valence electrons. The van der Waals surface area contributed by atoms with E-state index < -0.39 is 5.92 Å². The Hall–Kier alpha value is -4.04. The minimum atomic E-state index is -0.591. The Morgan fingerprint density at radius 1 is 0.944 bits per heavy atom. The minimum Gasteiger partial charge on any atom is -0.493 e. The summed E-state index contributed by atoms with van der Waals surface area (Å²) in [5.41, 5.74) is 3.19. The van der Waals surface area contributed by atoms with Crippen molar-refractivity contribution in [3.63, 3.8) is 0 Å². The molecule has 2 aromatic heterocycles. The quantitative estimate of drug-likeness (QED) is 0.394. The van der Waals surface area contributed by atoms with E-state index >= 15 is 0 Å². The van der Waals surface area contributed by atoms with Crippen LogP contribution in [0.1, 0.15) is 40.7 Å². The third-order valence-corrected chi connectivity index (χ3v) is 8.03. The van der Waals surface area contributed by atoms with Gasteiger partial charge in [-0.1, -0.05) is 36.4 Å². The summed E-state index contributed by atoms with van der Waals surface area (Å²) in [5, 5.41) is 8.73. The van der Waals surface area contributed by atoms with Crippen LogP contribution in [0.3, 0.4) is 0 Å². The Bertz CT molecular complexity index is 1530. The number of hydrogen-bond acceptors (Lipinski definition) is 6. The van der Waals surface area contributed by atoms with Crippen molar-refractivity contribution in [3.05, 3.63) is 104 Å². The molecule has 7 nitrogen and oxygen atoms in total. The number of carbonyl (C=O) groups is 1. The first-order valence-electron chi connectivity index (χ1n) is 11.8. The summed E-state index contributed by atoms with van der Waals surface area (Å²) in [4.78, 5) is 28.8. The molecule has 1 aliphatic carbocycles. The van der Waals surface area contributed by atoms with Gasteiger partial charge in [0.25, 0.3) is 5.56 Å². The maximum atomic E-state index is 13.9. The summed E-state index contributed by atoms with van der Waals surface area (Å²) in [6, 6.07) is 19.1. The van der Waals surface area contributed by atoms with E-state index in [-0.39, 0.29) is 17.3 Å². The highest BCUT2D eigenvalue weighted by molar-refractivity contribution is 7.10. The van der Waals surface area contributed by atoms with Gasteiger partial charge in [0.05, 0.1) is 31.4 Å². The van der Waals surface area contributed by atoms with Crippen LogP contribution in [-0.2, 0) is 4.79 Å². The van der Waals surface area contributed by atoms with E-state index in [9.17, 15) is 9.59 Å². The van der Waals surface area contributed by atoms with Gasteiger partial charge in [0, 0.05) is 34.0 Å². The summed E-state index contributed by atoms with van der Waals surface area (Å²) in [6.07, 6.45) is 1.08. The Morgan fingerprint density at radius 3 is 2.50 bits per heavy atom. The van der Waals surface area contributed by atoms with Gasteiger partial charge in [-0.05, 0) is 36.1 Å². The smallest absolute Gasteiger partial charge is 0.277 e. The van der Waals surface area contributed by atoms with Crippen molar-refractivity contribution in [3.8, 4) is 17.2 Å². The number of hydrogen-bond donors (Lipinski definition) is 2. The molecule has 3 heterocycles. The van der Waals surface area contributed by atoms with Crippen LogP contribution in [0.25, 0.3) is 5.69 Å². The van der Waals surface area contributed by atoms with E-state index in [0.29, 0.717) is 41.3 Å². The average molecular weight is 500 g/mol. The molecule has 2 N–H and O–H groups in total. The molecular formula is C28H25N3O4S. The SMILES string of the molecule is COc1cccc(C2C3=C(CC(c4cccs4)CC3=O)Nc3[nH]n(-c4ccccc4)c(=O)c32)c1OC. The summed E-state index contributed by atoms with van der Waals surface area (Å²) < 4.78 is 12.8. The lowest BCUT2D eigenvalue weighted by Gasteiger charge is -2.34. The number of methoxy groups -OCH3 is 2. The number of ketones is 1. The maximum Gasteiger partial charge on any atom is 0.277 e.